The second-order valence-electron chi connectivity index (χ2n) is 9.02. The number of hydrogen-bond donors (Lipinski definition) is 1. The Kier molecular flexibility index (Phi) is 5.38. The monoisotopic (exact) mass is 575 g/mol. The van der Waals surface area contributed by atoms with Crippen LogP contribution in [0.15, 0.2) is 80.5 Å². The summed E-state index contributed by atoms with van der Waals surface area (Å²) in [7, 11) is 0. The molecule has 6 rings (SSSR count). The van der Waals surface area contributed by atoms with Crippen LogP contribution in [0.1, 0.15) is 36.3 Å². The summed E-state index contributed by atoms with van der Waals surface area (Å²) in [6.07, 6.45) is 5.56. The minimum absolute atomic E-state index is 0.0944. The molecular formula is C28H23Br2N3O. The van der Waals surface area contributed by atoms with Gasteiger partial charge in [-0.2, -0.15) is 0 Å². The largest absolute Gasteiger partial charge is 0.337 e. The van der Waals surface area contributed by atoms with Gasteiger partial charge in [-0.25, -0.2) is 4.68 Å². The van der Waals surface area contributed by atoms with E-state index in [1.165, 1.54) is 36.2 Å². The minimum Gasteiger partial charge on any atom is -0.337 e. The van der Waals surface area contributed by atoms with Crippen molar-refractivity contribution in [3.8, 4) is 5.69 Å². The molecule has 3 aromatic carbocycles. The van der Waals surface area contributed by atoms with Crippen molar-refractivity contribution in [2.24, 2.45) is 0 Å². The molecule has 0 saturated heterocycles. The van der Waals surface area contributed by atoms with Crippen LogP contribution in [-0.4, -0.2) is 15.8 Å². The van der Waals surface area contributed by atoms with Gasteiger partial charge in [-0.15, -0.1) is 0 Å². The zero-order chi connectivity index (χ0) is 23.4. The molecule has 4 aromatic rings. The van der Waals surface area contributed by atoms with Crippen LogP contribution in [0, 0.1) is 0 Å². The summed E-state index contributed by atoms with van der Waals surface area (Å²) < 4.78 is 3.69. The number of aromatic amines is 1. The molecule has 1 fully saturated rings. The molecule has 1 aromatic heterocycles. The number of anilines is 2. The van der Waals surface area contributed by atoms with Crippen LogP contribution in [0.5, 0.6) is 0 Å². The lowest BCUT2D eigenvalue weighted by Crippen LogP contribution is -2.33. The molecule has 1 saturated carbocycles. The highest BCUT2D eigenvalue weighted by molar-refractivity contribution is 9.10. The van der Waals surface area contributed by atoms with Crippen LogP contribution in [0.4, 0.5) is 11.4 Å². The van der Waals surface area contributed by atoms with Gasteiger partial charge in [0.1, 0.15) is 0 Å². The van der Waals surface area contributed by atoms with Crippen LogP contribution >= 0.6 is 31.9 Å². The maximum absolute atomic E-state index is 13.2. The Balaban J connectivity index is 1.48. The number of nitrogens with one attached hydrogen (secondary N) is 1. The number of halogens is 2. The van der Waals surface area contributed by atoms with E-state index in [-0.39, 0.29) is 5.56 Å². The van der Waals surface area contributed by atoms with Gasteiger partial charge in [-0.1, -0.05) is 47.1 Å². The number of aromatic nitrogens is 2. The summed E-state index contributed by atoms with van der Waals surface area (Å²) in [4.78, 5) is 15.7. The summed E-state index contributed by atoms with van der Waals surface area (Å²) in [5.41, 5.74) is 5.53. The maximum atomic E-state index is 13.2. The van der Waals surface area contributed by atoms with E-state index in [1.54, 1.807) is 4.68 Å². The lowest BCUT2D eigenvalue weighted by molar-refractivity contribution is 0.641. The molecule has 0 radical (unpaired) electrons. The first-order valence-electron chi connectivity index (χ1n) is 11.5. The average molecular weight is 577 g/mol. The van der Waals surface area contributed by atoms with Crippen molar-refractivity contribution in [2.45, 2.75) is 31.2 Å². The van der Waals surface area contributed by atoms with Crippen molar-refractivity contribution in [1.82, 2.24) is 9.78 Å². The first-order valence-corrected chi connectivity index (χ1v) is 13.1. The minimum atomic E-state index is -0.0944. The topological polar surface area (TPSA) is 41.0 Å². The highest BCUT2D eigenvalue weighted by atomic mass is 79.9. The predicted octanol–water partition coefficient (Wildman–Crippen LogP) is 5.72. The highest BCUT2D eigenvalue weighted by Gasteiger charge is 2.43. The number of nitrogens with zero attached hydrogens (tertiary/aromatic N) is 2. The maximum Gasteiger partial charge on any atom is 0.279 e. The van der Waals surface area contributed by atoms with Gasteiger partial charge >= 0.3 is 0 Å². The fraction of sp³-hybridized carbons (Fsp3) is 0.179. The Morgan fingerprint density at radius 1 is 0.971 bits per heavy atom. The van der Waals surface area contributed by atoms with Gasteiger partial charge in [-0.05, 0) is 94.5 Å². The van der Waals surface area contributed by atoms with Gasteiger partial charge in [0.15, 0.2) is 0 Å². The number of H-pyrrole nitrogens is 1. The van der Waals surface area contributed by atoms with Gasteiger partial charge in [0.2, 0.25) is 0 Å². The molecule has 0 spiro atoms. The molecule has 1 N–H and O–H groups in total. The third-order valence-electron chi connectivity index (χ3n) is 7.00. The fourth-order valence-electron chi connectivity index (χ4n) is 5.53. The van der Waals surface area contributed by atoms with Gasteiger partial charge in [0.25, 0.3) is 5.56 Å². The third kappa shape index (κ3) is 3.51. The number of rotatable bonds is 3. The molecule has 1 aliphatic heterocycles. The van der Waals surface area contributed by atoms with E-state index in [1.807, 2.05) is 36.4 Å². The second kappa shape index (κ2) is 8.43. The Hall–Kier alpha value is -2.83. The molecule has 1 aliphatic carbocycles. The van der Waals surface area contributed by atoms with Crippen LogP contribution in [-0.2, 0) is 0 Å². The molecule has 2 aliphatic rings. The summed E-state index contributed by atoms with van der Waals surface area (Å²) in [5.74, 6) is 0.495. The van der Waals surface area contributed by atoms with E-state index in [0.717, 1.165) is 20.2 Å². The molecule has 2 heterocycles. The van der Waals surface area contributed by atoms with Gasteiger partial charge in [-0.3, -0.25) is 9.89 Å². The Morgan fingerprint density at radius 3 is 2.50 bits per heavy atom. The van der Waals surface area contributed by atoms with Crippen LogP contribution in [0.25, 0.3) is 18.3 Å². The van der Waals surface area contributed by atoms with Crippen molar-refractivity contribution in [3.63, 3.8) is 0 Å². The zero-order valence-corrected chi connectivity index (χ0v) is 21.6. The molecule has 6 heteroatoms. The number of benzene rings is 3. The molecule has 0 amide bonds. The van der Waals surface area contributed by atoms with E-state index >= 15 is 0 Å². The predicted molar refractivity (Wildman–Crippen MR) is 146 cm³/mol. The van der Waals surface area contributed by atoms with E-state index in [9.17, 15) is 4.79 Å². The van der Waals surface area contributed by atoms with E-state index in [0.29, 0.717) is 22.5 Å². The van der Waals surface area contributed by atoms with Gasteiger partial charge in [0, 0.05) is 26.6 Å². The molecule has 34 heavy (non-hydrogen) atoms. The molecule has 2 atom stereocenters. The van der Waals surface area contributed by atoms with Crippen molar-refractivity contribution < 1.29 is 0 Å². The third-order valence-corrected chi connectivity index (χ3v) is 8.14. The first kappa shape index (κ1) is 21.7. The quantitative estimate of drug-likeness (QED) is 0.339. The Labute approximate surface area is 214 Å². The van der Waals surface area contributed by atoms with Crippen LogP contribution < -0.4 is 21.0 Å². The average Bonchev–Trinajstić information content (AvgIpc) is 3.50. The normalized spacial score (nSPS) is 19.5. The van der Waals surface area contributed by atoms with Gasteiger partial charge in [0.05, 0.1) is 21.9 Å². The van der Waals surface area contributed by atoms with Crippen LogP contribution in [0.2, 0.25) is 0 Å². The lowest BCUT2D eigenvalue weighted by Gasteiger charge is -2.28. The van der Waals surface area contributed by atoms with E-state index in [4.69, 9.17) is 0 Å². The summed E-state index contributed by atoms with van der Waals surface area (Å²) >= 11 is 7.43. The highest BCUT2D eigenvalue weighted by Crippen LogP contribution is 2.55. The standard InChI is InChI=1S/C28H23Br2N3O/c1-17-23(28(34)33(31-17)21-6-3-2-4-7-21)14-18-15-24-22-8-5-9-26(22)32(27(24)25(30)16-18)20-12-10-19(29)11-13-20/h2-4,6-7,10-16,22,26,31H,1,5,8-9H2/b23-14-/t22-,26-/m0/s1. The van der Waals surface area contributed by atoms with E-state index < -0.39 is 0 Å². The Bertz CT molecular complexity index is 1550. The van der Waals surface area contributed by atoms with E-state index in [2.05, 4.69) is 84.8 Å². The number of fused-ring (bicyclic) bond motifs is 3. The summed E-state index contributed by atoms with van der Waals surface area (Å²) in [6, 6.07) is 23.0. The van der Waals surface area contributed by atoms with Gasteiger partial charge < -0.3 is 4.90 Å². The second-order valence-corrected chi connectivity index (χ2v) is 10.8. The van der Waals surface area contributed by atoms with Crippen molar-refractivity contribution in [1.29, 1.82) is 0 Å². The van der Waals surface area contributed by atoms with Crippen molar-refractivity contribution in [3.05, 3.63) is 108 Å². The molecule has 4 nitrogen and oxygen atoms in total. The zero-order valence-electron chi connectivity index (χ0n) is 18.5. The molecular weight excluding hydrogens is 554 g/mol. The first-order chi connectivity index (χ1) is 16.5. The fourth-order valence-corrected chi connectivity index (χ4v) is 6.48. The smallest absolute Gasteiger partial charge is 0.279 e. The molecule has 170 valence electrons. The van der Waals surface area contributed by atoms with Crippen molar-refractivity contribution in [2.75, 3.05) is 4.90 Å². The molecule has 0 unspecified atom stereocenters. The summed E-state index contributed by atoms with van der Waals surface area (Å²) in [5, 5.41) is 4.32. The number of para-hydroxylation sites is 1. The van der Waals surface area contributed by atoms with Crippen molar-refractivity contribution >= 4 is 55.9 Å². The Morgan fingerprint density at radius 2 is 1.74 bits per heavy atom. The lowest BCUT2D eigenvalue weighted by atomic mass is 9.96. The SMILES string of the molecule is C=c1[nH]n(-c2ccccc2)c(=O)/c1=C\c1cc(Br)c2c(c1)[C@@H]1CCC[C@@H]1N2c1ccc(Br)cc1. The number of hydrogen-bond acceptors (Lipinski definition) is 2. The van der Waals surface area contributed by atoms with Crippen LogP contribution in [0.3, 0.4) is 0 Å². The molecule has 0 bridgehead atoms. The summed E-state index contributed by atoms with van der Waals surface area (Å²) in [6.45, 7) is 4.10.